The maximum Gasteiger partial charge on any atom is 0.272 e. The number of hydrogen-bond donors (Lipinski definition) is 1. The molecular formula is C16H16N2O2. The maximum absolute atomic E-state index is 12.3. The number of fused-ring (bicyclic) bond motifs is 1. The van der Waals surface area contributed by atoms with Gasteiger partial charge in [0.1, 0.15) is 5.69 Å². The van der Waals surface area contributed by atoms with Gasteiger partial charge in [0, 0.05) is 24.9 Å². The van der Waals surface area contributed by atoms with Gasteiger partial charge in [0.25, 0.3) is 5.91 Å². The lowest BCUT2D eigenvalue weighted by Crippen LogP contribution is -2.15. The Bertz CT molecular complexity index is 750. The summed E-state index contributed by atoms with van der Waals surface area (Å²) in [6, 6.07) is 11.5. The summed E-state index contributed by atoms with van der Waals surface area (Å²) in [6.45, 7) is 2.10. The molecule has 0 saturated carbocycles. The molecule has 0 unspecified atom stereocenters. The number of aryl methyl sites for hydroxylation is 2. The van der Waals surface area contributed by atoms with E-state index in [1.54, 1.807) is 12.3 Å². The molecule has 0 bridgehead atoms. The SMILES string of the molecule is CCc1ccc(NC(=O)c2cc3occc3n2C)cc1. The van der Waals surface area contributed by atoms with Crippen molar-refractivity contribution in [2.24, 2.45) is 7.05 Å². The lowest BCUT2D eigenvalue weighted by molar-refractivity contribution is 0.101. The lowest BCUT2D eigenvalue weighted by Gasteiger charge is -2.07. The summed E-state index contributed by atoms with van der Waals surface area (Å²) < 4.78 is 7.14. The molecule has 3 rings (SSSR count). The number of nitrogens with one attached hydrogen (secondary N) is 1. The average Bonchev–Trinajstić information content (AvgIpc) is 3.03. The zero-order chi connectivity index (χ0) is 14.1. The second kappa shape index (κ2) is 4.89. The molecule has 102 valence electrons. The van der Waals surface area contributed by atoms with Crippen LogP contribution in [0.4, 0.5) is 5.69 Å². The fourth-order valence-electron chi connectivity index (χ4n) is 2.29. The van der Waals surface area contributed by atoms with Crippen LogP contribution in [0.2, 0.25) is 0 Å². The molecule has 0 aliphatic heterocycles. The molecule has 0 aliphatic carbocycles. The first-order chi connectivity index (χ1) is 9.69. The van der Waals surface area contributed by atoms with E-state index in [1.807, 2.05) is 41.9 Å². The van der Waals surface area contributed by atoms with Crippen molar-refractivity contribution < 1.29 is 9.21 Å². The summed E-state index contributed by atoms with van der Waals surface area (Å²) in [7, 11) is 1.85. The van der Waals surface area contributed by atoms with Crippen LogP contribution in [-0.4, -0.2) is 10.5 Å². The summed E-state index contributed by atoms with van der Waals surface area (Å²) >= 11 is 0. The van der Waals surface area contributed by atoms with E-state index in [0.29, 0.717) is 5.69 Å². The monoisotopic (exact) mass is 268 g/mol. The van der Waals surface area contributed by atoms with E-state index in [2.05, 4.69) is 12.2 Å². The molecule has 2 aromatic heterocycles. The van der Waals surface area contributed by atoms with Crippen molar-refractivity contribution in [3.8, 4) is 0 Å². The van der Waals surface area contributed by atoms with Crippen LogP contribution in [0, 0.1) is 0 Å². The van der Waals surface area contributed by atoms with Crippen molar-refractivity contribution >= 4 is 22.7 Å². The van der Waals surface area contributed by atoms with E-state index in [-0.39, 0.29) is 5.91 Å². The molecule has 0 spiro atoms. The van der Waals surface area contributed by atoms with Crippen LogP contribution in [0.3, 0.4) is 0 Å². The Labute approximate surface area is 117 Å². The molecular weight excluding hydrogens is 252 g/mol. The molecule has 4 nitrogen and oxygen atoms in total. The highest BCUT2D eigenvalue weighted by molar-refractivity contribution is 6.05. The van der Waals surface area contributed by atoms with E-state index in [0.717, 1.165) is 23.2 Å². The largest absolute Gasteiger partial charge is 0.463 e. The summed E-state index contributed by atoms with van der Waals surface area (Å²) in [5.41, 5.74) is 4.26. The number of benzene rings is 1. The van der Waals surface area contributed by atoms with Crippen LogP contribution < -0.4 is 5.32 Å². The topological polar surface area (TPSA) is 47.2 Å². The first kappa shape index (κ1) is 12.5. The second-order valence-corrected chi connectivity index (χ2v) is 4.76. The highest BCUT2D eigenvalue weighted by Gasteiger charge is 2.15. The average molecular weight is 268 g/mol. The Hall–Kier alpha value is -2.49. The predicted octanol–water partition coefficient (Wildman–Crippen LogP) is 3.59. The molecule has 0 atom stereocenters. The van der Waals surface area contributed by atoms with Crippen LogP contribution in [0.1, 0.15) is 23.0 Å². The number of carbonyl (C=O) groups excluding carboxylic acids is 1. The van der Waals surface area contributed by atoms with Gasteiger partial charge in [-0.2, -0.15) is 0 Å². The molecule has 4 heteroatoms. The highest BCUT2D eigenvalue weighted by atomic mass is 16.3. The molecule has 20 heavy (non-hydrogen) atoms. The molecule has 0 aliphatic rings. The van der Waals surface area contributed by atoms with Crippen LogP contribution in [-0.2, 0) is 13.5 Å². The van der Waals surface area contributed by atoms with Gasteiger partial charge in [0.15, 0.2) is 5.58 Å². The van der Waals surface area contributed by atoms with E-state index < -0.39 is 0 Å². The summed E-state index contributed by atoms with van der Waals surface area (Å²) in [5.74, 6) is -0.136. The number of hydrogen-bond acceptors (Lipinski definition) is 2. The second-order valence-electron chi connectivity index (χ2n) is 4.76. The van der Waals surface area contributed by atoms with Gasteiger partial charge in [-0.15, -0.1) is 0 Å². The van der Waals surface area contributed by atoms with Crippen molar-refractivity contribution in [2.45, 2.75) is 13.3 Å². The van der Waals surface area contributed by atoms with Crippen molar-refractivity contribution in [2.75, 3.05) is 5.32 Å². The summed E-state index contributed by atoms with van der Waals surface area (Å²) in [6.07, 6.45) is 2.61. The first-order valence-electron chi connectivity index (χ1n) is 6.62. The van der Waals surface area contributed by atoms with Gasteiger partial charge in [-0.25, -0.2) is 0 Å². The third-order valence-corrected chi connectivity index (χ3v) is 3.52. The standard InChI is InChI=1S/C16H16N2O2/c1-3-11-4-6-12(7-5-11)17-16(19)14-10-15-13(18(14)2)8-9-20-15/h4-10H,3H2,1-2H3,(H,17,19). The van der Waals surface area contributed by atoms with Gasteiger partial charge in [0.05, 0.1) is 11.8 Å². The number of rotatable bonds is 3. The van der Waals surface area contributed by atoms with Gasteiger partial charge in [-0.3, -0.25) is 4.79 Å². The van der Waals surface area contributed by atoms with Gasteiger partial charge >= 0.3 is 0 Å². The maximum atomic E-state index is 12.3. The molecule has 0 saturated heterocycles. The van der Waals surface area contributed by atoms with Crippen LogP contribution >= 0.6 is 0 Å². The minimum atomic E-state index is -0.136. The number of anilines is 1. The number of carbonyl (C=O) groups is 1. The Morgan fingerprint density at radius 3 is 2.65 bits per heavy atom. The number of aromatic nitrogens is 1. The Balaban J connectivity index is 1.84. The lowest BCUT2D eigenvalue weighted by atomic mass is 10.1. The summed E-state index contributed by atoms with van der Waals surface area (Å²) in [5, 5.41) is 2.90. The van der Waals surface area contributed by atoms with E-state index in [4.69, 9.17) is 4.42 Å². The van der Waals surface area contributed by atoms with Crippen molar-refractivity contribution in [1.82, 2.24) is 4.57 Å². The quantitative estimate of drug-likeness (QED) is 0.789. The smallest absolute Gasteiger partial charge is 0.272 e. The Morgan fingerprint density at radius 2 is 2.00 bits per heavy atom. The zero-order valence-electron chi connectivity index (χ0n) is 11.5. The number of furan rings is 1. The third-order valence-electron chi connectivity index (χ3n) is 3.52. The Kier molecular flexibility index (Phi) is 3.06. The molecule has 0 radical (unpaired) electrons. The van der Waals surface area contributed by atoms with Crippen molar-refractivity contribution in [1.29, 1.82) is 0 Å². The molecule has 2 heterocycles. The molecule has 0 fully saturated rings. The van der Waals surface area contributed by atoms with Gasteiger partial charge in [0.2, 0.25) is 0 Å². The normalized spacial score (nSPS) is 10.9. The van der Waals surface area contributed by atoms with Gasteiger partial charge < -0.3 is 14.3 Å². The predicted molar refractivity (Wildman–Crippen MR) is 79.0 cm³/mol. The highest BCUT2D eigenvalue weighted by Crippen LogP contribution is 2.20. The number of nitrogens with zero attached hydrogens (tertiary/aromatic N) is 1. The fourth-order valence-corrected chi connectivity index (χ4v) is 2.29. The zero-order valence-corrected chi connectivity index (χ0v) is 11.5. The van der Waals surface area contributed by atoms with Crippen molar-refractivity contribution in [3.05, 3.63) is 53.9 Å². The van der Waals surface area contributed by atoms with Gasteiger partial charge in [-0.05, 0) is 24.1 Å². The molecule has 1 aromatic carbocycles. The fraction of sp³-hybridized carbons (Fsp3) is 0.188. The van der Waals surface area contributed by atoms with Crippen LogP contribution in [0.5, 0.6) is 0 Å². The molecule has 1 N–H and O–H groups in total. The van der Waals surface area contributed by atoms with E-state index in [1.165, 1.54) is 5.56 Å². The third kappa shape index (κ3) is 2.09. The van der Waals surface area contributed by atoms with Crippen LogP contribution in [0.15, 0.2) is 47.1 Å². The number of amides is 1. The van der Waals surface area contributed by atoms with E-state index in [9.17, 15) is 4.79 Å². The summed E-state index contributed by atoms with van der Waals surface area (Å²) in [4.78, 5) is 12.3. The molecule has 3 aromatic rings. The minimum absolute atomic E-state index is 0.136. The van der Waals surface area contributed by atoms with Crippen LogP contribution in [0.25, 0.3) is 11.1 Å². The van der Waals surface area contributed by atoms with E-state index >= 15 is 0 Å². The Morgan fingerprint density at radius 1 is 1.25 bits per heavy atom. The first-order valence-corrected chi connectivity index (χ1v) is 6.62. The minimum Gasteiger partial charge on any atom is -0.463 e. The molecule has 1 amide bonds. The van der Waals surface area contributed by atoms with Crippen molar-refractivity contribution in [3.63, 3.8) is 0 Å². The van der Waals surface area contributed by atoms with Gasteiger partial charge in [-0.1, -0.05) is 19.1 Å².